The van der Waals surface area contributed by atoms with Crippen LogP contribution in [0.15, 0.2) is 86.5 Å². The van der Waals surface area contributed by atoms with Gasteiger partial charge in [-0.3, -0.25) is 0 Å². The van der Waals surface area contributed by atoms with Gasteiger partial charge in [0.25, 0.3) is 0 Å². The smallest absolute Gasteiger partial charge is 0.331 e. The van der Waals surface area contributed by atoms with E-state index in [9.17, 15) is 14.4 Å². The third-order valence-electron chi connectivity index (χ3n) is 3.25. The number of unbranched alkanes of at least 4 members (excludes halogenated alkanes) is 1. The van der Waals surface area contributed by atoms with Gasteiger partial charge in [0.15, 0.2) is 0 Å². The highest BCUT2D eigenvalue weighted by Crippen LogP contribution is 2.05. The Bertz CT molecular complexity index is 748. The van der Waals surface area contributed by atoms with Crippen LogP contribution in [-0.4, -0.2) is 47.9 Å². The highest BCUT2D eigenvalue weighted by atomic mass is 16.6. The molecule has 0 aromatic heterocycles. The quantitative estimate of drug-likeness (QED) is 0.155. The summed E-state index contributed by atoms with van der Waals surface area (Å²) in [5.74, 6) is -2.21. The molecule has 1 aliphatic rings. The van der Waals surface area contributed by atoms with E-state index < -0.39 is 11.9 Å². The van der Waals surface area contributed by atoms with Gasteiger partial charge < -0.3 is 19.7 Å². The van der Waals surface area contributed by atoms with Crippen molar-refractivity contribution in [3.8, 4) is 0 Å². The van der Waals surface area contributed by atoms with E-state index in [0.717, 1.165) is 31.6 Å². The molecule has 0 bridgehead atoms. The first kappa shape index (κ1) is 34.9. The lowest BCUT2D eigenvalue weighted by Gasteiger charge is -1.97. The Kier molecular flexibility index (Phi) is 26.2. The second-order valence-corrected chi connectivity index (χ2v) is 6.35. The largest absolute Gasteiger partial charge is 0.478 e. The molecule has 1 aromatic carbocycles. The van der Waals surface area contributed by atoms with Crippen molar-refractivity contribution >= 4 is 24.0 Å². The number of rotatable bonds is 9. The van der Waals surface area contributed by atoms with Gasteiger partial charge in [0.1, 0.15) is 0 Å². The summed E-state index contributed by atoms with van der Waals surface area (Å²) in [6.45, 7) is 21.9. The molecule has 34 heavy (non-hydrogen) atoms. The van der Waals surface area contributed by atoms with Crippen molar-refractivity contribution in [2.75, 3.05) is 19.8 Å². The predicted octanol–water partition coefficient (Wildman–Crippen LogP) is 5.71. The summed E-state index contributed by atoms with van der Waals surface area (Å²) in [4.78, 5) is 30.4. The van der Waals surface area contributed by atoms with Gasteiger partial charge in [-0.15, -0.1) is 13.2 Å². The van der Waals surface area contributed by atoms with Gasteiger partial charge in [-0.05, 0) is 25.3 Å². The Balaban J connectivity index is -0.000000411. The molecule has 7 heteroatoms. The first-order chi connectivity index (χ1) is 16.1. The number of benzene rings is 1. The van der Waals surface area contributed by atoms with E-state index in [1.807, 2.05) is 43.3 Å². The highest BCUT2D eigenvalue weighted by molar-refractivity contribution is 5.86. The number of hydrogen-bond acceptors (Lipinski definition) is 5. The van der Waals surface area contributed by atoms with Crippen LogP contribution in [0.4, 0.5) is 0 Å². The van der Waals surface area contributed by atoms with E-state index in [2.05, 4.69) is 42.4 Å². The molecule has 2 rings (SSSR count). The maximum Gasteiger partial charge on any atom is 0.331 e. The van der Waals surface area contributed by atoms with Crippen LogP contribution in [-0.2, 0) is 23.9 Å². The van der Waals surface area contributed by atoms with Crippen LogP contribution in [0.5, 0.6) is 0 Å². The van der Waals surface area contributed by atoms with E-state index in [-0.39, 0.29) is 17.1 Å². The van der Waals surface area contributed by atoms with Crippen molar-refractivity contribution in [3.63, 3.8) is 0 Å². The van der Waals surface area contributed by atoms with E-state index in [1.165, 1.54) is 13.0 Å². The van der Waals surface area contributed by atoms with Gasteiger partial charge in [0.2, 0.25) is 0 Å². The molecule has 188 valence electrons. The number of allylic oxidation sites excluding steroid dienone is 1. The molecular formula is C27H38O7. The molecule has 1 aliphatic heterocycles. The van der Waals surface area contributed by atoms with Crippen LogP contribution >= 0.6 is 0 Å². The molecule has 0 atom stereocenters. The van der Waals surface area contributed by atoms with E-state index in [1.54, 1.807) is 6.08 Å². The zero-order chi connectivity index (χ0) is 26.8. The molecule has 0 spiro atoms. The Hall–Kier alpha value is -3.71. The lowest BCUT2D eigenvalue weighted by Crippen LogP contribution is -2.00. The molecule has 7 nitrogen and oxygen atoms in total. The van der Waals surface area contributed by atoms with Crippen LogP contribution < -0.4 is 0 Å². The minimum atomic E-state index is -0.942. The van der Waals surface area contributed by atoms with Crippen LogP contribution in [0.2, 0.25) is 0 Å². The molecule has 0 amide bonds. The fraction of sp³-hybridized carbons (Fsp3) is 0.296. The summed E-state index contributed by atoms with van der Waals surface area (Å²) in [6, 6.07) is 9.73. The molecular weight excluding hydrogens is 436 g/mol. The third kappa shape index (κ3) is 30.5. The SMILES string of the molecule is C1CO1.C=C.C=C(C)C(=O)O.C=C(CC=Cc1ccccc1)C(=O)O.C=CC(=O)OCCCC. The summed E-state index contributed by atoms with van der Waals surface area (Å²) in [5, 5.41) is 16.4. The number of aliphatic carboxylic acids is 2. The number of carboxylic acid groups (broad SMARTS) is 2. The van der Waals surface area contributed by atoms with Gasteiger partial charge >= 0.3 is 17.9 Å². The average molecular weight is 475 g/mol. The maximum atomic E-state index is 10.4. The summed E-state index contributed by atoms with van der Waals surface area (Å²) >= 11 is 0. The Labute approximate surface area is 203 Å². The van der Waals surface area contributed by atoms with Gasteiger partial charge in [-0.2, -0.15) is 0 Å². The van der Waals surface area contributed by atoms with Gasteiger partial charge in [-0.1, -0.05) is 75.6 Å². The number of hydrogen-bond donors (Lipinski definition) is 2. The third-order valence-corrected chi connectivity index (χ3v) is 3.25. The van der Waals surface area contributed by atoms with Crippen molar-refractivity contribution < 1.29 is 34.1 Å². The number of ether oxygens (including phenoxy) is 2. The fourth-order valence-electron chi connectivity index (χ4n) is 1.36. The number of carbonyl (C=O) groups is 3. The van der Waals surface area contributed by atoms with Crippen LogP contribution in [0.1, 0.15) is 38.7 Å². The monoisotopic (exact) mass is 474 g/mol. The normalized spacial score (nSPS) is 10.1. The minimum absolute atomic E-state index is 0.176. The lowest BCUT2D eigenvalue weighted by molar-refractivity contribution is -0.138. The van der Waals surface area contributed by atoms with Crippen molar-refractivity contribution in [1.82, 2.24) is 0 Å². The second-order valence-electron chi connectivity index (χ2n) is 6.35. The van der Waals surface area contributed by atoms with Crippen molar-refractivity contribution in [1.29, 1.82) is 0 Å². The Morgan fingerprint density at radius 2 is 1.56 bits per heavy atom. The summed E-state index contributed by atoms with van der Waals surface area (Å²) in [7, 11) is 0. The van der Waals surface area contributed by atoms with Crippen LogP contribution in [0.25, 0.3) is 6.08 Å². The van der Waals surface area contributed by atoms with Crippen molar-refractivity contribution in [2.24, 2.45) is 0 Å². The average Bonchev–Trinajstić information content (AvgIpc) is 3.71. The summed E-state index contributed by atoms with van der Waals surface area (Å²) in [6.07, 6.45) is 7.21. The van der Waals surface area contributed by atoms with Crippen molar-refractivity contribution in [3.05, 3.63) is 92.1 Å². The molecule has 1 fully saturated rings. The first-order valence-corrected chi connectivity index (χ1v) is 10.5. The first-order valence-electron chi connectivity index (χ1n) is 10.5. The second kappa shape index (κ2) is 25.5. The molecule has 1 aromatic rings. The Morgan fingerprint density at radius 1 is 1.06 bits per heavy atom. The lowest BCUT2D eigenvalue weighted by atomic mass is 10.1. The van der Waals surface area contributed by atoms with Gasteiger partial charge in [-0.25, -0.2) is 14.4 Å². The molecule has 1 saturated heterocycles. The number of carboxylic acids is 2. The zero-order valence-electron chi connectivity index (χ0n) is 20.3. The summed E-state index contributed by atoms with van der Waals surface area (Å²) in [5.41, 5.74) is 1.44. The molecule has 0 unspecified atom stereocenters. The fourth-order valence-corrected chi connectivity index (χ4v) is 1.36. The topological polar surface area (TPSA) is 113 Å². The molecule has 1 heterocycles. The highest BCUT2D eigenvalue weighted by Gasteiger charge is 1.99. The molecule has 0 radical (unpaired) electrons. The Morgan fingerprint density at radius 3 is 1.91 bits per heavy atom. The zero-order valence-corrected chi connectivity index (χ0v) is 20.3. The van der Waals surface area contributed by atoms with E-state index in [4.69, 9.17) is 10.2 Å². The minimum Gasteiger partial charge on any atom is -0.478 e. The predicted molar refractivity (Wildman–Crippen MR) is 137 cm³/mol. The molecule has 0 aliphatic carbocycles. The standard InChI is InChI=1S/C12H12O2.C7H12O2.C4H6O2.C2H4O.C2H4/c1-10(12(13)14)6-5-9-11-7-3-2-4-8-11;1-3-5-6-9-7(8)4-2;1-3(2)4(5)6;1-2-3-1;1-2/h2-5,7-9H,1,6H2,(H,13,14);4H,2-3,5-6H2,1H3;1H2,2H3,(H,5,6);1-2H2;1-2H2. The number of carbonyl (C=O) groups excluding carboxylic acids is 1. The molecule has 0 saturated carbocycles. The maximum absolute atomic E-state index is 10.4. The number of epoxide rings is 1. The van der Waals surface area contributed by atoms with E-state index in [0.29, 0.717) is 13.0 Å². The van der Waals surface area contributed by atoms with Gasteiger partial charge in [0.05, 0.1) is 19.8 Å². The van der Waals surface area contributed by atoms with Gasteiger partial charge in [0, 0.05) is 17.2 Å². The summed E-state index contributed by atoms with van der Waals surface area (Å²) < 4.78 is 9.17. The van der Waals surface area contributed by atoms with E-state index >= 15 is 0 Å². The van der Waals surface area contributed by atoms with Crippen LogP contribution in [0, 0.1) is 0 Å². The van der Waals surface area contributed by atoms with Crippen LogP contribution in [0.3, 0.4) is 0 Å². The number of esters is 1. The molecule has 2 N–H and O–H groups in total. The van der Waals surface area contributed by atoms with Crippen molar-refractivity contribution in [2.45, 2.75) is 33.1 Å².